The number of carbonyl (C=O) groups is 4. The van der Waals surface area contributed by atoms with Crippen molar-refractivity contribution >= 4 is 29.9 Å². The topological polar surface area (TPSA) is 154 Å². The minimum atomic E-state index is -1.27. The average molecular weight is 609 g/mol. The summed E-state index contributed by atoms with van der Waals surface area (Å²) in [7, 11) is 0. The molecule has 0 bridgehead atoms. The number of aromatic nitrogens is 2. The molecular weight excluding hydrogens is 568 g/mol. The van der Waals surface area contributed by atoms with E-state index in [0.717, 1.165) is 18.4 Å². The number of fused-ring (bicyclic) bond motifs is 1. The minimum Gasteiger partial charge on any atom is -0.450 e. The predicted octanol–water partition coefficient (Wildman–Crippen LogP) is 3.11. The predicted molar refractivity (Wildman–Crippen MR) is 160 cm³/mol. The Hall–Kier alpha value is -4.42. The van der Waals surface area contributed by atoms with E-state index in [1.807, 2.05) is 56.0 Å². The van der Waals surface area contributed by atoms with E-state index in [1.165, 1.54) is 0 Å². The summed E-state index contributed by atoms with van der Waals surface area (Å²) in [6.45, 7) is 8.68. The van der Waals surface area contributed by atoms with Gasteiger partial charge in [0, 0.05) is 62.7 Å². The fraction of sp³-hybridized carbons (Fsp3) is 0.548. The van der Waals surface area contributed by atoms with E-state index in [2.05, 4.69) is 10.3 Å². The van der Waals surface area contributed by atoms with Crippen molar-refractivity contribution in [1.29, 1.82) is 0 Å². The maximum absolute atomic E-state index is 13.7. The summed E-state index contributed by atoms with van der Waals surface area (Å²) in [6.07, 6.45) is -0.209. The number of amides is 3. The number of nitrogens with zero attached hydrogens (tertiary/aromatic N) is 5. The zero-order chi connectivity index (χ0) is 31.4. The Balaban J connectivity index is 1.28. The quantitative estimate of drug-likeness (QED) is 0.304. The van der Waals surface area contributed by atoms with E-state index in [4.69, 9.17) is 19.6 Å². The Morgan fingerprint density at radius 1 is 1.00 bits per heavy atom. The van der Waals surface area contributed by atoms with Gasteiger partial charge in [0.05, 0.1) is 6.61 Å². The number of unbranched alkanes of at least 4 members (excludes halogenated alkanes) is 1. The Labute approximate surface area is 256 Å². The highest BCUT2D eigenvalue weighted by atomic mass is 16.7. The maximum Gasteiger partial charge on any atom is 0.506 e. The molecule has 3 amide bonds. The second kappa shape index (κ2) is 13.5. The van der Waals surface area contributed by atoms with Crippen molar-refractivity contribution in [3.05, 3.63) is 42.1 Å². The summed E-state index contributed by atoms with van der Waals surface area (Å²) in [4.78, 5) is 65.2. The molecule has 0 spiro atoms. The molecule has 2 N–H and O–H groups in total. The van der Waals surface area contributed by atoms with Crippen molar-refractivity contribution in [2.24, 2.45) is 17.8 Å². The number of rotatable bonds is 10. The van der Waals surface area contributed by atoms with Crippen molar-refractivity contribution < 1.29 is 33.8 Å². The largest absolute Gasteiger partial charge is 0.506 e. The fourth-order valence-electron chi connectivity index (χ4n) is 5.81. The number of benzene rings is 1. The Kier molecular flexibility index (Phi) is 9.50. The molecule has 1 aromatic carbocycles. The fourth-order valence-corrected chi connectivity index (χ4v) is 5.81. The van der Waals surface area contributed by atoms with Crippen LogP contribution in [0, 0.1) is 17.8 Å². The van der Waals surface area contributed by atoms with Gasteiger partial charge in [-0.3, -0.25) is 9.59 Å². The normalized spacial score (nSPS) is 21.5. The first-order chi connectivity index (χ1) is 21.2. The van der Waals surface area contributed by atoms with Crippen molar-refractivity contribution in [3.8, 4) is 11.4 Å². The lowest BCUT2D eigenvalue weighted by Crippen LogP contribution is -2.57. The third-order valence-corrected chi connectivity index (χ3v) is 8.45. The van der Waals surface area contributed by atoms with Gasteiger partial charge in [0.2, 0.25) is 5.91 Å². The molecule has 13 heteroatoms. The number of hydrogen-bond acceptors (Lipinski definition) is 9. The summed E-state index contributed by atoms with van der Waals surface area (Å²) in [5.41, 5.74) is 0.869. The molecule has 5 rings (SSSR count). The molecule has 0 radical (unpaired) electrons. The van der Waals surface area contributed by atoms with Crippen molar-refractivity contribution in [1.82, 2.24) is 25.1 Å². The molecule has 4 atom stereocenters. The van der Waals surface area contributed by atoms with Crippen LogP contribution in [-0.4, -0.2) is 107 Å². The first-order valence-electron chi connectivity index (χ1n) is 15.3. The van der Waals surface area contributed by atoms with Crippen LogP contribution in [0.3, 0.4) is 0 Å². The lowest BCUT2D eigenvalue weighted by Gasteiger charge is -2.36. The molecule has 2 aromatic rings. The zero-order valence-electron chi connectivity index (χ0n) is 25.3. The monoisotopic (exact) mass is 608 g/mol. The van der Waals surface area contributed by atoms with E-state index in [0.29, 0.717) is 57.5 Å². The Morgan fingerprint density at radius 2 is 1.66 bits per heavy atom. The lowest BCUT2D eigenvalue weighted by molar-refractivity contribution is -0.136. The highest BCUT2D eigenvalue weighted by Gasteiger charge is 2.59. The SMILES string of the molecule is CCCCOC(=O)N1CCN(C(=O)[C@@H](NC(=O)c2cc(N3C[C@@H]4[C@H](C3)[C@@H]4OC(=O)O)nc(-c3ccccc3)n2)C(C)C)CC1. The molecule has 1 saturated carbocycles. The molecule has 3 aliphatic rings. The van der Waals surface area contributed by atoms with Gasteiger partial charge < -0.3 is 34.6 Å². The van der Waals surface area contributed by atoms with E-state index < -0.39 is 18.1 Å². The molecule has 2 saturated heterocycles. The van der Waals surface area contributed by atoms with Crippen LogP contribution in [-0.2, 0) is 14.3 Å². The van der Waals surface area contributed by atoms with E-state index in [-0.39, 0.29) is 41.6 Å². The molecule has 236 valence electrons. The van der Waals surface area contributed by atoms with E-state index in [9.17, 15) is 19.2 Å². The van der Waals surface area contributed by atoms with Gasteiger partial charge in [-0.2, -0.15) is 0 Å². The Bertz CT molecular complexity index is 1350. The van der Waals surface area contributed by atoms with Crippen LogP contribution in [0.1, 0.15) is 44.1 Å². The highest BCUT2D eigenvalue weighted by Crippen LogP contribution is 2.48. The van der Waals surface area contributed by atoms with Crippen LogP contribution >= 0.6 is 0 Å². The van der Waals surface area contributed by atoms with Crippen LogP contribution in [0.4, 0.5) is 15.4 Å². The van der Waals surface area contributed by atoms with Crippen molar-refractivity contribution in [2.45, 2.75) is 45.8 Å². The molecule has 2 aliphatic heterocycles. The number of piperidine rings is 1. The van der Waals surface area contributed by atoms with Gasteiger partial charge in [-0.25, -0.2) is 19.6 Å². The third kappa shape index (κ3) is 7.03. The van der Waals surface area contributed by atoms with Crippen molar-refractivity contribution in [3.63, 3.8) is 0 Å². The van der Waals surface area contributed by atoms with Crippen LogP contribution in [0.25, 0.3) is 11.4 Å². The molecule has 3 fully saturated rings. The summed E-state index contributed by atoms with van der Waals surface area (Å²) >= 11 is 0. The van der Waals surface area contributed by atoms with Crippen LogP contribution in [0.2, 0.25) is 0 Å². The molecule has 1 aliphatic carbocycles. The molecule has 0 unspecified atom stereocenters. The van der Waals surface area contributed by atoms with Crippen LogP contribution in [0.15, 0.2) is 36.4 Å². The second-order valence-corrected chi connectivity index (χ2v) is 11.9. The van der Waals surface area contributed by atoms with Gasteiger partial charge in [-0.15, -0.1) is 0 Å². The summed E-state index contributed by atoms with van der Waals surface area (Å²) < 4.78 is 10.3. The average Bonchev–Trinajstić information content (AvgIpc) is 3.43. The van der Waals surface area contributed by atoms with E-state index in [1.54, 1.807) is 15.9 Å². The number of piperazine rings is 1. The van der Waals surface area contributed by atoms with Gasteiger partial charge in [0.15, 0.2) is 5.82 Å². The van der Waals surface area contributed by atoms with Crippen LogP contribution in [0.5, 0.6) is 0 Å². The molecular formula is C31H40N6O7. The standard InChI is InChI=1S/C31H40N6O7/c1-4-5-15-43-30(40)36-13-11-35(12-14-36)29(39)25(19(2)3)34-28(38)23-16-24(33-27(32-23)20-9-7-6-8-10-20)37-17-21-22(18-37)26(21)44-31(41)42/h6-10,16,19,21-22,25-26H,4-5,11-15,17-18H2,1-3H3,(H,34,38)(H,41,42)/t21-,22+,25-,26-/m0/s1. The second-order valence-electron chi connectivity index (χ2n) is 11.9. The van der Waals surface area contributed by atoms with Crippen molar-refractivity contribution in [2.75, 3.05) is 50.8 Å². The molecule has 1 aromatic heterocycles. The molecule has 13 nitrogen and oxygen atoms in total. The van der Waals surface area contributed by atoms with Gasteiger partial charge in [0.1, 0.15) is 23.7 Å². The number of carboxylic acid groups (broad SMARTS) is 1. The van der Waals surface area contributed by atoms with Gasteiger partial charge >= 0.3 is 12.2 Å². The molecule has 44 heavy (non-hydrogen) atoms. The minimum absolute atomic E-state index is 0.0834. The smallest absolute Gasteiger partial charge is 0.450 e. The maximum atomic E-state index is 13.7. The Morgan fingerprint density at radius 3 is 2.27 bits per heavy atom. The number of carbonyl (C=O) groups excluding carboxylic acids is 3. The number of ether oxygens (including phenoxy) is 2. The number of nitrogens with one attached hydrogen (secondary N) is 1. The van der Waals surface area contributed by atoms with E-state index >= 15 is 0 Å². The zero-order valence-corrected chi connectivity index (χ0v) is 25.3. The van der Waals surface area contributed by atoms with Gasteiger partial charge in [-0.1, -0.05) is 57.5 Å². The highest BCUT2D eigenvalue weighted by molar-refractivity contribution is 5.97. The van der Waals surface area contributed by atoms with Gasteiger partial charge in [-0.05, 0) is 12.3 Å². The number of hydrogen-bond donors (Lipinski definition) is 2. The van der Waals surface area contributed by atoms with Crippen LogP contribution < -0.4 is 10.2 Å². The first kappa shape index (κ1) is 31.0. The first-order valence-corrected chi connectivity index (χ1v) is 15.3. The summed E-state index contributed by atoms with van der Waals surface area (Å²) in [6, 6.07) is 10.1. The summed E-state index contributed by atoms with van der Waals surface area (Å²) in [5.74, 6) is 0.193. The molecule has 3 heterocycles. The third-order valence-electron chi connectivity index (χ3n) is 8.45. The summed E-state index contributed by atoms with van der Waals surface area (Å²) in [5, 5.41) is 11.9. The lowest BCUT2D eigenvalue weighted by atomic mass is 10.0. The van der Waals surface area contributed by atoms with Gasteiger partial charge in [0.25, 0.3) is 5.91 Å². The number of anilines is 1.